The van der Waals surface area contributed by atoms with Crippen LogP contribution in [0.2, 0.25) is 0 Å². The minimum atomic E-state index is -0.457. The van der Waals surface area contributed by atoms with E-state index in [4.69, 9.17) is 4.74 Å². The van der Waals surface area contributed by atoms with Crippen molar-refractivity contribution in [1.29, 1.82) is 0 Å². The molecule has 5 nitrogen and oxygen atoms in total. The number of ether oxygens (including phenoxy) is 1. The van der Waals surface area contributed by atoms with Crippen molar-refractivity contribution in [2.24, 2.45) is 0 Å². The highest BCUT2D eigenvalue weighted by atomic mass is 19.1. The van der Waals surface area contributed by atoms with Crippen molar-refractivity contribution in [2.75, 3.05) is 12.4 Å². The van der Waals surface area contributed by atoms with Gasteiger partial charge in [-0.1, -0.05) is 0 Å². The number of halogens is 1. The number of nitrogens with one attached hydrogen (secondary N) is 2. The van der Waals surface area contributed by atoms with Gasteiger partial charge in [0.05, 0.1) is 13.2 Å². The second-order valence-electron chi connectivity index (χ2n) is 4.75. The Morgan fingerprint density at radius 3 is 2.55 bits per heavy atom. The lowest BCUT2D eigenvalue weighted by atomic mass is 10.1. The zero-order valence-corrected chi connectivity index (χ0v) is 12.3. The van der Waals surface area contributed by atoms with Crippen LogP contribution in [0.3, 0.4) is 0 Å². The molecule has 0 aliphatic rings. The molecular weight excluding hydrogens is 287 g/mol. The number of hydrogen-bond acceptors (Lipinski definition) is 3. The molecule has 0 aromatic heterocycles. The maximum absolute atomic E-state index is 12.8. The van der Waals surface area contributed by atoms with E-state index in [0.29, 0.717) is 17.0 Å². The topological polar surface area (TPSA) is 70.6 Å². The summed E-state index contributed by atoms with van der Waals surface area (Å²) >= 11 is 0. The molecule has 0 aliphatic heterocycles. The van der Waals surface area contributed by atoms with Gasteiger partial charge in [-0.3, -0.25) is 0 Å². The van der Waals surface area contributed by atoms with Crippen LogP contribution < -0.4 is 15.4 Å². The van der Waals surface area contributed by atoms with Crippen molar-refractivity contribution in [2.45, 2.75) is 13.0 Å². The molecule has 2 amide bonds. The van der Waals surface area contributed by atoms with Crippen molar-refractivity contribution in [3.8, 4) is 11.5 Å². The lowest BCUT2D eigenvalue weighted by Gasteiger charge is -2.17. The fourth-order valence-electron chi connectivity index (χ4n) is 1.98. The van der Waals surface area contributed by atoms with E-state index in [1.807, 2.05) is 0 Å². The number of carbonyl (C=O) groups excluding carboxylic acids is 1. The summed E-state index contributed by atoms with van der Waals surface area (Å²) in [5.74, 6) is 0.274. The van der Waals surface area contributed by atoms with E-state index >= 15 is 0 Å². The van der Waals surface area contributed by atoms with Crippen LogP contribution in [-0.2, 0) is 0 Å². The molecule has 2 rings (SSSR count). The van der Waals surface area contributed by atoms with Crippen LogP contribution >= 0.6 is 0 Å². The standard InChI is InChI=1S/C16H17FN2O3/c1-10(14-9-13(22-2)7-8-15(14)20)18-16(21)19-12-5-3-11(17)4-6-12/h3-10,20H,1-2H3,(H2,18,19,21). The molecule has 0 saturated heterocycles. The van der Waals surface area contributed by atoms with Crippen molar-refractivity contribution < 1.29 is 19.0 Å². The highest BCUT2D eigenvalue weighted by Crippen LogP contribution is 2.28. The monoisotopic (exact) mass is 304 g/mol. The highest BCUT2D eigenvalue weighted by Gasteiger charge is 2.14. The molecule has 2 aromatic carbocycles. The maximum atomic E-state index is 12.8. The van der Waals surface area contributed by atoms with E-state index in [-0.39, 0.29) is 11.6 Å². The molecule has 0 saturated carbocycles. The van der Waals surface area contributed by atoms with Gasteiger partial charge in [0.15, 0.2) is 0 Å². The predicted octanol–water partition coefficient (Wildman–Crippen LogP) is 3.42. The quantitative estimate of drug-likeness (QED) is 0.810. The Morgan fingerprint density at radius 1 is 1.23 bits per heavy atom. The molecule has 6 heteroatoms. The van der Waals surface area contributed by atoms with Gasteiger partial charge in [0, 0.05) is 11.3 Å². The molecule has 3 N–H and O–H groups in total. The third-order valence-corrected chi connectivity index (χ3v) is 3.15. The number of benzene rings is 2. The lowest BCUT2D eigenvalue weighted by Crippen LogP contribution is -2.31. The number of phenols is 1. The van der Waals surface area contributed by atoms with E-state index in [1.54, 1.807) is 19.1 Å². The van der Waals surface area contributed by atoms with E-state index in [2.05, 4.69) is 10.6 Å². The highest BCUT2D eigenvalue weighted by molar-refractivity contribution is 5.89. The first kappa shape index (κ1) is 15.6. The molecular formula is C16H17FN2O3. The summed E-state index contributed by atoms with van der Waals surface area (Å²) in [6.45, 7) is 1.73. The number of urea groups is 1. The Kier molecular flexibility index (Phi) is 4.83. The van der Waals surface area contributed by atoms with Gasteiger partial charge in [0.25, 0.3) is 0 Å². The van der Waals surface area contributed by atoms with Crippen LogP contribution in [0.25, 0.3) is 0 Å². The summed E-state index contributed by atoms with van der Waals surface area (Å²) in [6.07, 6.45) is 0. The molecule has 0 fully saturated rings. The third kappa shape index (κ3) is 3.88. The summed E-state index contributed by atoms with van der Waals surface area (Å²) < 4.78 is 17.9. The second-order valence-corrected chi connectivity index (χ2v) is 4.75. The van der Waals surface area contributed by atoms with Gasteiger partial charge in [0.1, 0.15) is 17.3 Å². The zero-order chi connectivity index (χ0) is 16.1. The Bertz CT molecular complexity index is 659. The summed E-state index contributed by atoms with van der Waals surface area (Å²) in [5, 5.41) is 15.1. The van der Waals surface area contributed by atoms with Gasteiger partial charge in [-0.25, -0.2) is 9.18 Å². The lowest BCUT2D eigenvalue weighted by molar-refractivity contribution is 0.249. The molecule has 116 valence electrons. The molecule has 0 heterocycles. The Balaban J connectivity index is 2.03. The first-order valence-electron chi connectivity index (χ1n) is 6.69. The van der Waals surface area contributed by atoms with E-state index in [9.17, 15) is 14.3 Å². The number of amides is 2. The minimum Gasteiger partial charge on any atom is -0.508 e. The van der Waals surface area contributed by atoms with Gasteiger partial charge in [0.2, 0.25) is 0 Å². The van der Waals surface area contributed by atoms with Crippen LogP contribution in [0.4, 0.5) is 14.9 Å². The molecule has 1 atom stereocenters. The summed E-state index contributed by atoms with van der Waals surface area (Å²) in [5.41, 5.74) is 1.01. The summed E-state index contributed by atoms with van der Waals surface area (Å²) in [7, 11) is 1.52. The fourth-order valence-corrected chi connectivity index (χ4v) is 1.98. The molecule has 0 radical (unpaired) electrons. The van der Waals surface area contributed by atoms with Crippen LogP contribution in [0.15, 0.2) is 42.5 Å². The largest absolute Gasteiger partial charge is 0.508 e. The Hall–Kier alpha value is -2.76. The van der Waals surface area contributed by atoms with Gasteiger partial charge >= 0.3 is 6.03 Å². The van der Waals surface area contributed by atoms with Crippen LogP contribution in [0, 0.1) is 5.82 Å². The third-order valence-electron chi connectivity index (χ3n) is 3.15. The van der Waals surface area contributed by atoms with Crippen molar-refractivity contribution in [1.82, 2.24) is 5.32 Å². The SMILES string of the molecule is COc1ccc(O)c(C(C)NC(=O)Nc2ccc(F)cc2)c1. The number of aromatic hydroxyl groups is 1. The van der Waals surface area contributed by atoms with Crippen molar-refractivity contribution in [3.05, 3.63) is 53.8 Å². The molecule has 2 aromatic rings. The summed E-state index contributed by atoms with van der Waals surface area (Å²) in [6, 6.07) is 9.33. The fraction of sp³-hybridized carbons (Fsp3) is 0.188. The average Bonchev–Trinajstić information content (AvgIpc) is 2.50. The smallest absolute Gasteiger partial charge is 0.319 e. The Labute approximate surface area is 127 Å². The normalized spacial score (nSPS) is 11.6. The van der Waals surface area contributed by atoms with Crippen LogP contribution in [0.1, 0.15) is 18.5 Å². The van der Waals surface area contributed by atoms with Gasteiger partial charge in [-0.15, -0.1) is 0 Å². The Morgan fingerprint density at radius 2 is 1.91 bits per heavy atom. The van der Waals surface area contributed by atoms with Gasteiger partial charge < -0.3 is 20.5 Å². The molecule has 22 heavy (non-hydrogen) atoms. The molecule has 0 bridgehead atoms. The predicted molar refractivity (Wildman–Crippen MR) is 81.6 cm³/mol. The van der Waals surface area contributed by atoms with E-state index < -0.39 is 12.1 Å². The van der Waals surface area contributed by atoms with Crippen molar-refractivity contribution >= 4 is 11.7 Å². The van der Waals surface area contributed by atoms with E-state index in [0.717, 1.165) is 0 Å². The molecule has 0 spiro atoms. The molecule has 0 aliphatic carbocycles. The van der Waals surface area contributed by atoms with Gasteiger partial charge in [-0.05, 0) is 49.4 Å². The number of rotatable bonds is 4. The first-order chi connectivity index (χ1) is 10.5. The second kappa shape index (κ2) is 6.80. The maximum Gasteiger partial charge on any atom is 0.319 e. The molecule has 1 unspecified atom stereocenters. The van der Waals surface area contributed by atoms with Crippen LogP contribution in [0.5, 0.6) is 11.5 Å². The summed E-state index contributed by atoms with van der Waals surface area (Å²) in [4.78, 5) is 11.9. The van der Waals surface area contributed by atoms with Crippen molar-refractivity contribution in [3.63, 3.8) is 0 Å². The number of hydrogen-bond donors (Lipinski definition) is 3. The van der Waals surface area contributed by atoms with Crippen LogP contribution in [-0.4, -0.2) is 18.2 Å². The minimum absolute atomic E-state index is 0.0652. The number of methoxy groups -OCH3 is 1. The number of anilines is 1. The number of carbonyl (C=O) groups is 1. The average molecular weight is 304 g/mol. The first-order valence-corrected chi connectivity index (χ1v) is 6.69. The van der Waals surface area contributed by atoms with Gasteiger partial charge in [-0.2, -0.15) is 0 Å². The van der Waals surface area contributed by atoms with E-state index in [1.165, 1.54) is 37.4 Å². The number of phenolic OH excluding ortho intramolecular Hbond substituents is 1. The zero-order valence-electron chi connectivity index (χ0n) is 12.3.